The lowest BCUT2D eigenvalue weighted by atomic mass is 10.1. The molecule has 0 spiro atoms. The molecule has 2 aliphatic rings. The van der Waals surface area contributed by atoms with Crippen LogP contribution in [0.1, 0.15) is 19.3 Å². The van der Waals surface area contributed by atoms with Crippen LogP contribution in [0.3, 0.4) is 0 Å². The fourth-order valence-electron chi connectivity index (χ4n) is 3.01. The largest absolute Gasteiger partial charge is 0.374 e. The van der Waals surface area contributed by atoms with Gasteiger partial charge in [-0.2, -0.15) is 0 Å². The van der Waals surface area contributed by atoms with E-state index < -0.39 is 0 Å². The Bertz CT molecular complexity index is 555. The molecule has 0 bridgehead atoms. The second-order valence-electron chi connectivity index (χ2n) is 5.70. The molecule has 2 saturated heterocycles. The van der Waals surface area contributed by atoms with E-state index in [0.717, 1.165) is 24.5 Å². The van der Waals surface area contributed by atoms with E-state index in [0.29, 0.717) is 13.1 Å². The maximum absolute atomic E-state index is 12.1. The van der Waals surface area contributed by atoms with Gasteiger partial charge in [0.05, 0.1) is 17.9 Å². The highest BCUT2D eigenvalue weighted by Crippen LogP contribution is 2.28. The number of anilines is 2. The third-order valence-electron chi connectivity index (χ3n) is 4.19. The van der Waals surface area contributed by atoms with E-state index in [1.807, 2.05) is 18.2 Å². The van der Waals surface area contributed by atoms with Crippen LogP contribution in [0.25, 0.3) is 0 Å². The van der Waals surface area contributed by atoms with Gasteiger partial charge in [0, 0.05) is 26.2 Å². The van der Waals surface area contributed by atoms with Crippen LogP contribution in [0.5, 0.6) is 0 Å². The molecule has 0 aliphatic carbocycles. The Morgan fingerprint density at radius 2 is 1.91 bits per heavy atom. The maximum Gasteiger partial charge on any atom is 0.324 e. The molecule has 0 atom stereocenters. The van der Waals surface area contributed by atoms with Gasteiger partial charge in [-0.05, 0) is 31.4 Å². The van der Waals surface area contributed by atoms with Gasteiger partial charge >= 0.3 is 6.03 Å². The molecule has 118 valence electrons. The minimum absolute atomic E-state index is 0.137. The zero-order valence-electron chi connectivity index (χ0n) is 12.7. The summed E-state index contributed by atoms with van der Waals surface area (Å²) in [5, 5.41) is 5.84. The quantitative estimate of drug-likeness (QED) is 0.887. The molecule has 1 aromatic rings. The number of urea groups is 1. The zero-order valence-corrected chi connectivity index (χ0v) is 12.7. The molecule has 22 heavy (non-hydrogen) atoms. The number of carbonyl (C=O) groups is 2. The number of rotatable bonds is 4. The van der Waals surface area contributed by atoms with Gasteiger partial charge in [0.15, 0.2) is 0 Å². The van der Waals surface area contributed by atoms with E-state index in [1.165, 1.54) is 24.2 Å². The van der Waals surface area contributed by atoms with Crippen LogP contribution in [-0.2, 0) is 4.79 Å². The van der Waals surface area contributed by atoms with E-state index in [1.54, 1.807) is 0 Å². The molecule has 2 fully saturated rings. The van der Waals surface area contributed by atoms with Crippen molar-refractivity contribution in [2.24, 2.45) is 0 Å². The highest BCUT2D eigenvalue weighted by Gasteiger charge is 2.25. The first kappa shape index (κ1) is 14.7. The second-order valence-corrected chi connectivity index (χ2v) is 5.70. The van der Waals surface area contributed by atoms with Gasteiger partial charge in [-0.1, -0.05) is 12.1 Å². The lowest BCUT2D eigenvalue weighted by molar-refractivity contribution is -0.125. The first-order valence-corrected chi connectivity index (χ1v) is 7.92. The Hall–Kier alpha value is -2.24. The van der Waals surface area contributed by atoms with Crippen molar-refractivity contribution in [2.75, 3.05) is 42.9 Å². The van der Waals surface area contributed by atoms with E-state index in [2.05, 4.69) is 21.6 Å². The van der Waals surface area contributed by atoms with Crippen molar-refractivity contribution in [2.45, 2.75) is 19.3 Å². The summed E-state index contributed by atoms with van der Waals surface area (Å²) >= 11 is 0. The van der Waals surface area contributed by atoms with Gasteiger partial charge < -0.3 is 15.5 Å². The second kappa shape index (κ2) is 6.68. The number of nitrogens with zero attached hydrogens (tertiary/aromatic N) is 2. The Morgan fingerprint density at radius 1 is 1.14 bits per heavy atom. The predicted octanol–water partition coefficient (Wildman–Crippen LogP) is 1.64. The van der Waals surface area contributed by atoms with Gasteiger partial charge in [0.25, 0.3) is 0 Å². The Balaban J connectivity index is 1.64. The van der Waals surface area contributed by atoms with E-state index in [4.69, 9.17) is 0 Å². The monoisotopic (exact) mass is 302 g/mol. The van der Waals surface area contributed by atoms with Gasteiger partial charge in [0.2, 0.25) is 5.91 Å². The summed E-state index contributed by atoms with van der Waals surface area (Å²) in [5.41, 5.74) is 2.10. The molecule has 1 aromatic carbocycles. The smallest absolute Gasteiger partial charge is 0.324 e. The highest BCUT2D eigenvalue weighted by molar-refractivity contribution is 5.97. The van der Waals surface area contributed by atoms with Crippen LogP contribution in [0.15, 0.2) is 24.3 Å². The van der Waals surface area contributed by atoms with Gasteiger partial charge in [0.1, 0.15) is 0 Å². The third kappa shape index (κ3) is 3.16. The minimum Gasteiger partial charge on any atom is -0.374 e. The van der Waals surface area contributed by atoms with Gasteiger partial charge in [-0.15, -0.1) is 0 Å². The summed E-state index contributed by atoms with van der Waals surface area (Å²) in [4.78, 5) is 27.2. The molecule has 2 heterocycles. The van der Waals surface area contributed by atoms with Crippen molar-refractivity contribution in [1.82, 2.24) is 10.2 Å². The molecular weight excluding hydrogens is 280 g/mol. The summed E-state index contributed by atoms with van der Waals surface area (Å²) in [5.74, 6) is -0.191. The Kier molecular flexibility index (Phi) is 4.46. The molecule has 6 nitrogen and oxygen atoms in total. The average Bonchev–Trinajstić information content (AvgIpc) is 3.00. The molecule has 3 rings (SSSR count). The molecule has 0 saturated carbocycles. The number of piperidine rings is 1. The number of benzene rings is 1. The first-order valence-electron chi connectivity index (χ1n) is 7.92. The SMILES string of the molecule is O=C(CNc1ccccc1N1CCCCC1)N1CCNC1=O. The van der Waals surface area contributed by atoms with Crippen LogP contribution in [-0.4, -0.2) is 49.6 Å². The van der Waals surface area contributed by atoms with Crippen molar-refractivity contribution in [3.8, 4) is 0 Å². The standard InChI is InChI=1S/C16H22N4O2/c21-15(20-11-8-17-16(20)22)12-18-13-6-2-3-7-14(13)19-9-4-1-5-10-19/h2-3,6-7,18H,1,4-5,8-12H2,(H,17,22). The summed E-state index contributed by atoms with van der Waals surface area (Å²) in [6, 6.07) is 7.76. The third-order valence-corrected chi connectivity index (χ3v) is 4.19. The Labute approximate surface area is 130 Å². The van der Waals surface area contributed by atoms with E-state index in [-0.39, 0.29) is 18.5 Å². The predicted molar refractivity (Wildman–Crippen MR) is 86.1 cm³/mol. The molecule has 0 aromatic heterocycles. The van der Waals surface area contributed by atoms with Crippen molar-refractivity contribution >= 4 is 23.3 Å². The first-order chi connectivity index (χ1) is 10.8. The van der Waals surface area contributed by atoms with Crippen molar-refractivity contribution < 1.29 is 9.59 Å². The average molecular weight is 302 g/mol. The number of carbonyl (C=O) groups excluding carboxylic acids is 2. The maximum atomic E-state index is 12.1. The van der Waals surface area contributed by atoms with Crippen molar-refractivity contribution in [1.29, 1.82) is 0 Å². The normalized spacial score (nSPS) is 18.3. The number of hydrogen-bond donors (Lipinski definition) is 2. The fraction of sp³-hybridized carbons (Fsp3) is 0.500. The van der Waals surface area contributed by atoms with Crippen molar-refractivity contribution in [3.05, 3.63) is 24.3 Å². The summed E-state index contributed by atoms with van der Waals surface area (Å²) in [6.45, 7) is 3.24. The van der Waals surface area contributed by atoms with Crippen LogP contribution >= 0.6 is 0 Å². The topological polar surface area (TPSA) is 64.7 Å². The summed E-state index contributed by atoms with van der Waals surface area (Å²) in [6.07, 6.45) is 3.71. The van der Waals surface area contributed by atoms with Crippen LogP contribution in [0.4, 0.5) is 16.2 Å². The zero-order chi connectivity index (χ0) is 15.4. The molecule has 2 N–H and O–H groups in total. The molecule has 3 amide bonds. The van der Waals surface area contributed by atoms with Gasteiger partial charge in [-0.25, -0.2) is 4.79 Å². The lowest BCUT2D eigenvalue weighted by Gasteiger charge is -2.30. The molecule has 0 radical (unpaired) electrons. The number of hydrogen-bond acceptors (Lipinski definition) is 4. The molecule has 6 heteroatoms. The van der Waals surface area contributed by atoms with Crippen LogP contribution < -0.4 is 15.5 Å². The number of nitrogens with one attached hydrogen (secondary N) is 2. The summed E-state index contributed by atoms with van der Waals surface area (Å²) < 4.78 is 0. The minimum atomic E-state index is -0.295. The Morgan fingerprint density at radius 3 is 2.64 bits per heavy atom. The van der Waals surface area contributed by atoms with E-state index >= 15 is 0 Å². The highest BCUT2D eigenvalue weighted by atomic mass is 16.2. The number of para-hydroxylation sites is 2. The van der Waals surface area contributed by atoms with Crippen LogP contribution in [0.2, 0.25) is 0 Å². The molecule has 0 unspecified atom stereocenters. The van der Waals surface area contributed by atoms with Crippen LogP contribution in [0, 0.1) is 0 Å². The number of amides is 3. The lowest BCUT2D eigenvalue weighted by Crippen LogP contribution is -2.38. The number of imide groups is 1. The van der Waals surface area contributed by atoms with Crippen molar-refractivity contribution in [3.63, 3.8) is 0 Å². The van der Waals surface area contributed by atoms with E-state index in [9.17, 15) is 9.59 Å². The fourth-order valence-corrected chi connectivity index (χ4v) is 3.01. The molecule has 2 aliphatic heterocycles. The summed E-state index contributed by atoms with van der Waals surface area (Å²) in [7, 11) is 0. The molecular formula is C16H22N4O2. The van der Waals surface area contributed by atoms with Gasteiger partial charge in [-0.3, -0.25) is 9.69 Å².